The number of hydrogen-bond acceptors (Lipinski definition) is 2. The molecule has 0 radical (unpaired) electrons. The fourth-order valence-electron chi connectivity index (χ4n) is 1.39. The third-order valence-corrected chi connectivity index (χ3v) is 7.31. The van der Waals surface area contributed by atoms with Crippen LogP contribution in [-0.2, 0) is 22.6 Å². The van der Waals surface area contributed by atoms with E-state index in [1.54, 1.807) is 14.2 Å². The van der Waals surface area contributed by atoms with Gasteiger partial charge < -0.3 is 9.05 Å². The second-order valence-electron chi connectivity index (χ2n) is 5.09. The van der Waals surface area contributed by atoms with Gasteiger partial charge in [0.1, 0.15) is 0 Å². The molecule has 1 aromatic carbocycles. The van der Waals surface area contributed by atoms with Gasteiger partial charge >= 0.3 is 58.6 Å². The second-order valence-corrected chi connectivity index (χ2v) is 10.5. The maximum absolute atomic E-state index is 5.46. The number of rotatable bonds is 9. The molecular weight excluding hydrogens is 404 g/mol. The van der Waals surface area contributed by atoms with Crippen molar-refractivity contribution < 1.29 is 22.6 Å². The molecule has 0 bridgehead atoms. The van der Waals surface area contributed by atoms with Crippen molar-refractivity contribution in [3.8, 4) is 0 Å². The molecular formula is C18H35ClNiO2P2. The molecule has 0 saturated heterocycles. The molecule has 0 saturated carbocycles. The van der Waals surface area contributed by atoms with Crippen LogP contribution in [-0.4, -0.2) is 39.9 Å². The first-order chi connectivity index (χ1) is 11.5. The summed E-state index contributed by atoms with van der Waals surface area (Å²) < 4.78 is 11.3. The van der Waals surface area contributed by atoms with E-state index in [0.717, 1.165) is 18.1 Å². The third kappa shape index (κ3) is 20.8. The van der Waals surface area contributed by atoms with Crippen LogP contribution < -0.4 is 4.53 Å². The van der Waals surface area contributed by atoms with Gasteiger partial charge in [-0.15, -0.1) is 0 Å². The Morgan fingerprint density at radius 1 is 0.875 bits per heavy atom. The molecule has 1 rings (SSSR count). The fourth-order valence-corrected chi connectivity index (χ4v) is 3.92. The van der Waals surface area contributed by atoms with Crippen molar-refractivity contribution in [3.05, 3.63) is 30.3 Å². The van der Waals surface area contributed by atoms with Gasteiger partial charge in [0.2, 0.25) is 0 Å². The first-order valence-corrected chi connectivity index (χ1v) is 13.9. The van der Waals surface area contributed by atoms with Crippen LogP contribution in [0.4, 0.5) is 0 Å². The molecule has 2 unspecified atom stereocenters. The summed E-state index contributed by atoms with van der Waals surface area (Å²) in [5.74, 6) is 0. The Labute approximate surface area is 163 Å². The Balaban J connectivity index is 0. The zero-order chi connectivity index (χ0) is 18.6. The quantitative estimate of drug-likeness (QED) is 0.324. The van der Waals surface area contributed by atoms with E-state index in [0.29, 0.717) is 0 Å². The molecule has 0 N–H and O–H groups in total. The van der Waals surface area contributed by atoms with Gasteiger partial charge in [-0.1, -0.05) is 26.7 Å². The molecule has 6 heteroatoms. The van der Waals surface area contributed by atoms with Gasteiger partial charge in [-0.05, 0) is 38.5 Å². The van der Waals surface area contributed by atoms with Gasteiger partial charge in [0, 0.05) is 30.5 Å². The molecule has 24 heavy (non-hydrogen) atoms. The summed E-state index contributed by atoms with van der Waals surface area (Å²) >= 11 is 1.08. The SMILES string of the molecule is CCCCP(C)OC.CCCCP(C)OC.[Cl][Ni][c]1ccccc1. The Bertz CT molecular complexity index is 331. The number of halogens is 1. The predicted molar refractivity (Wildman–Crippen MR) is 111 cm³/mol. The van der Waals surface area contributed by atoms with Crippen molar-refractivity contribution >= 4 is 31.0 Å². The topological polar surface area (TPSA) is 18.5 Å². The summed E-state index contributed by atoms with van der Waals surface area (Å²) in [7, 11) is 8.88. The first kappa shape index (κ1) is 27.0. The van der Waals surface area contributed by atoms with Crippen molar-refractivity contribution in [3.63, 3.8) is 0 Å². The van der Waals surface area contributed by atoms with E-state index in [9.17, 15) is 0 Å². The van der Waals surface area contributed by atoms with E-state index < -0.39 is 0 Å². The molecule has 1 aromatic rings. The summed E-state index contributed by atoms with van der Waals surface area (Å²) in [5, 5.41) is 0. The second kappa shape index (κ2) is 21.8. The number of hydrogen-bond donors (Lipinski definition) is 0. The molecule has 2 nitrogen and oxygen atoms in total. The molecule has 2 atom stereocenters. The van der Waals surface area contributed by atoms with E-state index in [1.807, 2.05) is 30.3 Å². The summed E-state index contributed by atoms with van der Waals surface area (Å²) in [6.45, 7) is 8.76. The van der Waals surface area contributed by atoms with E-state index in [2.05, 4.69) is 27.2 Å². The summed E-state index contributed by atoms with van der Waals surface area (Å²) in [6, 6.07) is 9.87. The van der Waals surface area contributed by atoms with Crippen LogP contribution in [0.3, 0.4) is 0 Å². The van der Waals surface area contributed by atoms with Gasteiger partial charge in [-0.25, -0.2) is 0 Å². The van der Waals surface area contributed by atoms with E-state index >= 15 is 0 Å². The van der Waals surface area contributed by atoms with Crippen LogP contribution in [0.2, 0.25) is 0 Å². The zero-order valence-corrected chi connectivity index (χ0v) is 19.6. The van der Waals surface area contributed by atoms with Crippen LogP contribution in [0.25, 0.3) is 0 Å². The van der Waals surface area contributed by atoms with Crippen molar-refractivity contribution in [1.82, 2.24) is 0 Å². The monoisotopic (exact) mass is 438 g/mol. The number of unbranched alkanes of at least 4 members (excludes halogenated alkanes) is 2. The molecule has 0 aromatic heterocycles. The minimum absolute atomic E-state index is 0.0842. The standard InChI is InChI=1S/2C6H15OP.C6H5.ClH.Ni/c2*1-4-5-6-8(3)7-2;1-2-4-6-5-3-1;;/h2*4-6H2,1-3H3;1-5H;1H;/q;;;;+1/p-1. The maximum atomic E-state index is 5.46. The molecule has 146 valence electrons. The fraction of sp³-hybridized carbons (Fsp3) is 0.667. The molecule has 0 fully saturated rings. The summed E-state index contributed by atoms with van der Waals surface area (Å²) in [6.07, 6.45) is 7.74. The van der Waals surface area contributed by atoms with Gasteiger partial charge in [-0.2, -0.15) is 0 Å². The van der Waals surface area contributed by atoms with Crippen molar-refractivity contribution in [2.75, 3.05) is 39.9 Å². The third-order valence-electron chi connectivity index (χ3n) is 3.06. The van der Waals surface area contributed by atoms with Gasteiger partial charge in [0.15, 0.2) is 0 Å². The molecule has 0 aliphatic rings. The number of benzene rings is 1. The van der Waals surface area contributed by atoms with E-state index in [1.165, 1.54) is 38.0 Å². The average Bonchev–Trinajstić information content (AvgIpc) is 2.65. The van der Waals surface area contributed by atoms with Crippen LogP contribution in [0, 0.1) is 0 Å². The normalized spacial score (nSPS) is 12.5. The van der Waals surface area contributed by atoms with Crippen LogP contribution in [0.5, 0.6) is 0 Å². The predicted octanol–water partition coefficient (Wildman–Crippen LogP) is 6.47. The molecule has 0 spiro atoms. The minimum atomic E-state index is -0.0842. The summed E-state index contributed by atoms with van der Waals surface area (Å²) in [5.41, 5.74) is 0. The van der Waals surface area contributed by atoms with Crippen molar-refractivity contribution in [1.29, 1.82) is 0 Å². The van der Waals surface area contributed by atoms with Crippen LogP contribution in [0.1, 0.15) is 39.5 Å². The zero-order valence-electron chi connectivity index (χ0n) is 16.0. The Morgan fingerprint density at radius 2 is 1.29 bits per heavy atom. The van der Waals surface area contributed by atoms with Gasteiger partial charge in [-0.3, -0.25) is 0 Å². The van der Waals surface area contributed by atoms with Gasteiger partial charge in [0.25, 0.3) is 0 Å². The average molecular weight is 440 g/mol. The Morgan fingerprint density at radius 3 is 1.54 bits per heavy atom. The molecule has 0 aliphatic carbocycles. The molecule has 0 aliphatic heterocycles. The van der Waals surface area contributed by atoms with Crippen LogP contribution in [0.15, 0.2) is 30.3 Å². The molecule has 0 heterocycles. The summed E-state index contributed by atoms with van der Waals surface area (Å²) in [4.78, 5) is 0. The first-order valence-electron chi connectivity index (χ1n) is 8.31. The van der Waals surface area contributed by atoms with E-state index in [4.69, 9.17) is 19.2 Å². The Kier molecular flexibility index (Phi) is 24.6. The van der Waals surface area contributed by atoms with Gasteiger partial charge in [0.05, 0.1) is 0 Å². The van der Waals surface area contributed by atoms with Crippen molar-refractivity contribution in [2.24, 2.45) is 0 Å². The molecule has 0 amide bonds. The van der Waals surface area contributed by atoms with Crippen molar-refractivity contribution in [2.45, 2.75) is 39.5 Å². The Hall–Kier alpha value is 0.784. The van der Waals surface area contributed by atoms with Crippen LogP contribution >= 0.6 is 26.5 Å². The van der Waals surface area contributed by atoms with E-state index in [-0.39, 0.29) is 16.3 Å².